The number of likely N-dealkylation sites (tertiary alicyclic amines) is 1. The van der Waals surface area contributed by atoms with Gasteiger partial charge >= 0.3 is 5.69 Å². The van der Waals surface area contributed by atoms with Crippen LogP contribution in [0.3, 0.4) is 0 Å². The highest BCUT2D eigenvalue weighted by Crippen LogP contribution is 2.38. The van der Waals surface area contributed by atoms with Crippen molar-refractivity contribution >= 4 is 22.8 Å². The number of hydrogen-bond donors (Lipinski definition) is 0. The fourth-order valence-corrected chi connectivity index (χ4v) is 5.34. The van der Waals surface area contributed by atoms with Crippen molar-refractivity contribution in [1.82, 2.24) is 23.6 Å². The van der Waals surface area contributed by atoms with Crippen LogP contribution in [-0.4, -0.2) is 56.9 Å². The smallest absolute Gasteiger partial charge is 0.332 e. The SMILES string of the molecule is COc1ccc(C)cc1N1CC(C)Cn2c1nc1c2c(=O)n(CCN2CCCCC2)c(=O)n1C. The number of methoxy groups -OCH3 is 1. The van der Waals surface area contributed by atoms with Crippen LogP contribution in [0.5, 0.6) is 5.75 Å². The number of imidazole rings is 1. The second-order valence-electron chi connectivity index (χ2n) is 9.79. The molecule has 9 heteroatoms. The fourth-order valence-electron chi connectivity index (χ4n) is 5.34. The summed E-state index contributed by atoms with van der Waals surface area (Å²) in [7, 11) is 3.37. The van der Waals surface area contributed by atoms with E-state index in [1.165, 1.54) is 28.4 Å². The predicted octanol–water partition coefficient (Wildman–Crippen LogP) is 2.49. The van der Waals surface area contributed by atoms with E-state index in [2.05, 4.69) is 22.8 Å². The molecule has 0 spiro atoms. The van der Waals surface area contributed by atoms with Crippen LogP contribution in [0.4, 0.5) is 11.6 Å². The lowest BCUT2D eigenvalue weighted by molar-refractivity contribution is 0.218. The van der Waals surface area contributed by atoms with Crippen molar-refractivity contribution in [2.75, 3.05) is 38.2 Å². The van der Waals surface area contributed by atoms with Gasteiger partial charge in [0.15, 0.2) is 11.2 Å². The molecule has 2 aliphatic rings. The minimum Gasteiger partial charge on any atom is -0.495 e. The number of rotatable bonds is 5. The van der Waals surface area contributed by atoms with Crippen LogP contribution in [0.25, 0.3) is 11.2 Å². The highest BCUT2D eigenvalue weighted by atomic mass is 16.5. The summed E-state index contributed by atoms with van der Waals surface area (Å²) >= 11 is 0. The van der Waals surface area contributed by atoms with E-state index < -0.39 is 0 Å². The summed E-state index contributed by atoms with van der Waals surface area (Å²) < 4.78 is 10.6. The molecule has 1 unspecified atom stereocenters. The minimum absolute atomic E-state index is 0.251. The maximum atomic E-state index is 13.7. The minimum atomic E-state index is -0.308. The second-order valence-corrected chi connectivity index (χ2v) is 9.79. The topological polar surface area (TPSA) is 77.5 Å². The molecule has 3 aromatic rings. The largest absolute Gasteiger partial charge is 0.495 e. The van der Waals surface area contributed by atoms with E-state index in [0.29, 0.717) is 36.7 Å². The number of nitrogens with zero attached hydrogens (tertiary/aromatic N) is 6. The quantitative estimate of drug-likeness (QED) is 0.575. The van der Waals surface area contributed by atoms with Crippen LogP contribution in [0.15, 0.2) is 27.8 Å². The van der Waals surface area contributed by atoms with Crippen molar-refractivity contribution in [2.45, 2.75) is 46.2 Å². The van der Waals surface area contributed by atoms with Gasteiger partial charge in [0.25, 0.3) is 5.56 Å². The maximum Gasteiger partial charge on any atom is 0.332 e. The number of fused-ring (bicyclic) bond motifs is 3. The van der Waals surface area contributed by atoms with Crippen molar-refractivity contribution in [1.29, 1.82) is 0 Å². The lowest BCUT2D eigenvalue weighted by Gasteiger charge is -2.33. The molecule has 0 aliphatic carbocycles. The van der Waals surface area contributed by atoms with E-state index in [4.69, 9.17) is 9.72 Å². The molecule has 0 radical (unpaired) electrons. The molecule has 0 amide bonds. The van der Waals surface area contributed by atoms with Crippen LogP contribution in [0.1, 0.15) is 31.7 Å². The average Bonchev–Trinajstić information content (AvgIpc) is 3.22. The molecule has 0 N–H and O–H groups in total. The molecule has 182 valence electrons. The molecule has 1 saturated heterocycles. The van der Waals surface area contributed by atoms with Gasteiger partial charge in [-0.1, -0.05) is 19.4 Å². The van der Waals surface area contributed by atoms with Crippen LogP contribution < -0.4 is 20.9 Å². The number of ether oxygens (including phenoxy) is 1. The molecule has 1 aromatic carbocycles. The van der Waals surface area contributed by atoms with Gasteiger partial charge in [0.1, 0.15) is 5.75 Å². The Balaban J connectivity index is 1.63. The van der Waals surface area contributed by atoms with Crippen molar-refractivity contribution in [2.24, 2.45) is 13.0 Å². The Morgan fingerprint density at radius 1 is 1.09 bits per heavy atom. The van der Waals surface area contributed by atoms with E-state index in [-0.39, 0.29) is 17.2 Å². The van der Waals surface area contributed by atoms with Crippen LogP contribution in [-0.2, 0) is 20.1 Å². The van der Waals surface area contributed by atoms with Gasteiger partial charge in [-0.15, -0.1) is 0 Å². The van der Waals surface area contributed by atoms with Crippen molar-refractivity contribution in [3.8, 4) is 5.75 Å². The molecule has 2 aromatic heterocycles. The van der Waals surface area contributed by atoms with Gasteiger partial charge in [0, 0.05) is 33.2 Å². The molecule has 9 nitrogen and oxygen atoms in total. The molecule has 4 heterocycles. The van der Waals surface area contributed by atoms with E-state index >= 15 is 0 Å². The van der Waals surface area contributed by atoms with Gasteiger partial charge in [-0.25, -0.2) is 4.79 Å². The summed E-state index contributed by atoms with van der Waals surface area (Å²) in [6, 6.07) is 6.06. The van der Waals surface area contributed by atoms with Gasteiger partial charge in [0.2, 0.25) is 5.95 Å². The Kier molecular flexibility index (Phi) is 5.97. The molecule has 0 saturated carbocycles. The van der Waals surface area contributed by atoms with E-state index in [1.54, 1.807) is 14.2 Å². The maximum absolute atomic E-state index is 13.7. The van der Waals surface area contributed by atoms with Crippen LogP contribution >= 0.6 is 0 Å². The summed E-state index contributed by atoms with van der Waals surface area (Å²) in [5, 5.41) is 0. The van der Waals surface area contributed by atoms with E-state index in [0.717, 1.165) is 36.6 Å². The van der Waals surface area contributed by atoms with Gasteiger partial charge in [-0.2, -0.15) is 4.98 Å². The molecule has 1 fully saturated rings. The monoisotopic (exact) mass is 466 g/mol. The predicted molar refractivity (Wildman–Crippen MR) is 133 cm³/mol. The Morgan fingerprint density at radius 3 is 2.59 bits per heavy atom. The summed E-state index contributed by atoms with van der Waals surface area (Å²) in [5.74, 6) is 1.72. The van der Waals surface area contributed by atoms with Gasteiger partial charge in [-0.3, -0.25) is 13.9 Å². The Bertz CT molecular complexity index is 1330. The molecule has 2 aliphatic heterocycles. The zero-order valence-electron chi connectivity index (χ0n) is 20.6. The van der Waals surface area contributed by atoms with Crippen molar-refractivity contribution in [3.05, 3.63) is 44.6 Å². The van der Waals surface area contributed by atoms with Crippen LogP contribution in [0, 0.1) is 12.8 Å². The summed E-state index contributed by atoms with van der Waals surface area (Å²) in [6.45, 7) is 8.81. The zero-order valence-corrected chi connectivity index (χ0v) is 20.6. The highest BCUT2D eigenvalue weighted by molar-refractivity contribution is 5.78. The van der Waals surface area contributed by atoms with Gasteiger partial charge in [-0.05, 0) is 56.5 Å². The molecule has 5 rings (SSSR count). The number of piperidine rings is 1. The molecular formula is C25H34N6O3. The zero-order chi connectivity index (χ0) is 24.0. The molecular weight excluding hydrogens is 432 g/mol. The average molecular weight is 467 g/mol. The Hall–Kier alpha value is -3.07. The number of hydrogen-bond acceptors (Lipinski definition) is 6. The van der Waals surface area contributed by atoms with E-state index in [1.807, 2.05) is 23.6 Å². The first kappa shape index (κ1) is 22.7. The number of benzene rings is 1. The first-order valence-corrected chi connectivity index (χ1v) is 12.2. The molecule has 34 heavy (non-hydrogen) atoms. The normalized spacial score (nSPS) is 18.9. The van der Waals surface area contributed by atoms with Gasteiger partial charge in [0.05, 0.1) is 12.8 Å². The van der Waals surface area contributed by atoms with Crippen LogP contribution in [0.2, 0.25) is 0 Å². The lowest BCUT2D eigenvalue weighted by atomic mass is 10.1. The van der Waals surface area contributed by atoms with Crippen molar-refractivity contribution < 1.29 is 4.74 Å². The fraction of sp³-hybridized carbons (Fsp3) is 0.560. The number of aryl methyl sites for hydroxylation is 2. The summed E-state index contributed by atoms with van der Waals surface area (Å²) in [6.07, 6.45) is 3.61. The second kappa shape index (κ2) is 8.94. The summed E-state index contributed by atoms with van der Waals surface area (Å²) in [4.78, 5) is 36.1. The molecule has 0 bridgehead atoms. The lowest BCUT2D eigenvalue weighted by Crippen LogP contribution is -2.43. The molecule has 1 atom stereocenters. The standard InChI is InChI=1S/C25H34N6O3/c1-17-8-9-20(34-4)19(14-17)30-15-18(2)16-31-21-22(26-24(30)31)27(3)25(33)29(23(21)32)13-12-28-10-6-5-7-11-28/h8-9,14,18H,5-7,10-13,15-16H2,1-4H3. The number of aromatic nitrogens is 4. The summed E-state index contributed by atoms with van der Waals surface area (Å²) in [5.41, 5.74) is 2.41. The van der Waals surface area contributed by atoms with Gasteiger partial charge < -0.3 is 19.1 Å². The third-order valence-electron chi connectivity index (χ3n) is 7.16. The highest BCUT2D eigenvalue weighted by Gasteiger charge is 2.31. The Labute approximate surface area is 199 Å². The first-order valence-electron chi connectivity index (χ1n) is 12.2. The third-order valence-corrected chi connectivity index (χ3v) is 7.16. The van der Waals surface area contributed by atoms with Crippen molar-refractivity contribution in [3.63, 3.8) is 0 Å². The third kappa shape index (κ3) is 3.81. The Morgan fingerprint density at radius 2 is 1.85 bits per heavy atom. The van der Waals surface area contributed by atoms with E-state index in [9.17, 15) is 9.59 Å². The number of anilines is 2. The first-order chi connectivity index (χ1) is 16.4.